The average Bonchev–Trinajstić information content (AvgIpc) is 2.80. The minimum atomic E-state index is -0.604. The maximum absolute atomic E-state index is 13.3. The van der Waals surface area contributed by atoms with Crippen molar-refractivity contribution in [2.24, 2.45) is 0 Å². The number of thiocarbonyl (C=S) groups is 1. The summed E-state index contributed by atoms with van der Waals surface area (Å²) in [5.41, 5.74) is 1.87. The molecule has 3 aromatic carbocycles. The highest BCUT2D eigenvalue weighted by Crippen LogP contribution is 2.36. The van der Waals surface area contributed by atoms with Crippen LogP contribution in [0.1, 0.15) is 11.1 Å². The van der Waals surface area contributed by atoms with Crippen molar-refractivity contribution in [3.05, 3.63) is 93.0 Å². The topological polar surface area (TPSA) is 58.6 Å². The van der Waals surface area contributed by atoms with Gasteiger partial charge in [0.2, 0.25) is 0 Å². The predicted octanol–water partition coefficient (Wildman–Crippen LogP) is 7.38. The van der Waals surface area contributed by atoms with Crippen LogP contribution in [0, 0.1) is 7.14 Å². The van der Waals surface area contributed by atoms with E-state index >= 15 is 0 Å². The molecule has 5 nitrogen and oxygen atoms in total. The Labute approximate surface area is 252 Å². The van der Waals surface area contributed by atoms with Crippen LogP contribution in [0.3, 0.4) is 0 Å². The van der Waals surface area contributed by atoms with Crippen molar-refractivity contribution < 1.29 is 14.3 Å². The highest BCUT2D eigenvalue weighted by atomic mass is 127. The fourth-order valence-electron chi connectivity index (χ4n) is 3.24. The molecule has 1 heterocycles. The van der Waals surface area contributed by atoms with E-state index in [1.54, 1.807) is 24.3 Å². The Morgan fingerprint density at radius 3 is 2.49 bits per heavy atom. The molecule has 0 aliphatic carbocycles. The first-order valence-electron chi connectivity index (χ1n) is 9.87. The van der Waals surface area contributed by atoms with Crippen molar-refractivity contribution in [2.75, 3.05) is 4.90 Å². The first-order valence-corrected chi connectivity index (χ1v) is 14.0. The van der Waals surface area contributed by atoms with Gasteiger partial charge in [-0.15, -0.1) is 0 Å². The number of halogens is 5. The third-order valence-corrected chi connectivity index (χ3v) is 8.10. The van der Waals surface area contributed by atoms with E-state index < -0.39 is 11.8 Å². The van der Waals surface area contributed by atoms with Gasteiger partial charge in [-0.1, -0.05) is 41.4 Å². The van der Waals surface area contributed by atoms with Gasteiger partial charge in [0.15, 0.2) is 5.11 Å². The molecule has 0 aromatic heterocycles. The average molecular weight is 814 g/mol. The minimum Gasteiger partial charge on any atom is -0.487 e. The first-order chi connectivity index (χ1) is 16.7. The molecular formula is C24H13BrCl2I2N2O3S. The summed E-state index contributed by atoms with van der Waals surface area (Å²) in [6, 6.07) is 16.5. The summed E-state index contributed by atoms with van der Waals surface area (Å²) in [5.74, 6) is -0.535. The van der Waals surface area contributed by atoms with Crippen LogP contribution in [0.2, 0.25) is 10.0 Å². The van der Waals surface area contributed by atoms with Gasteiger partial charge in [-0.2, -0.15) is 0 Å². The number of hydrogen-bond donors (Lipinski definition) is 1. The second kappa shape index (κ2) is 11.4. The van der Waals surface area contributed by atoms with E-state index in [0.717, 1.165) is 17.6 Å². The van der Waals surface area contributed by atoms with Crippen LogP contribution < -0.4 is 15.0 Å². The number of hydrogen-bond acceptors (Lipinski definition) is 4. The van der Waals surface area contributed by atoms with Crippen molar-refractivity contribution in [3.8, 4) is 5.75 Å². The van der Waals surface area contributed by atoms with Crippen LogP contribution in [-0.4, -0.2) is 16.9 Å². The Morgan fingerprint density at radius 2 is 1.80 bits per heavy atom. The molecule has 2 amide bonds. The molecule has 1 N–H and O–H groups in total. The van der Waals surface area contributed by atoms with Gasteiger partial charge in [-0.25, -0.2) is 0 Å². The van der Waals surface area contributed by atoms with Crippen LogP contribution in [0.4, 0.5) is 5.69 Å². The third-order valence-electron chi connectivity index (χ3n) is 4.90. The van der Waals surface area contributed by atoms with Crippen molar-refractivity contribution in [2.45, 2.75) is 6.61 Å². The van der Waals surface area contributed by atoms with Gasteiger partial charge in [-0.3, -0.25) is 19.8 Å². The van der Waals surface area contributed by atoms with Gasteiger partial charge in [-0.05, 0) is 127 Å². The number of amides is 2. The van der Waals surface area contributed by atoms with Crippen molar-refractivity contribution >= 4 is 125 Å². The van der Waals surface area contributed by atoms with Gasteiger partial charge in [0.05, 0.1) is 23.8 Å². The molecule has 35 heavy (non-hydrogen) atoms. The molecule has 0 unspecified atom stereocenters. The van der Waals surface area contributed by atoms with E-state index in [9.17, 15) is 9.59 Å². The number of anilines is 1. The number of rotatable bonds is 5. The number of nitrogens with zero attached hydrogens (tertiary/aromatic N) is 1. The number of benzene rings is 3. The standard InChI is InChI=1S/C24H13BrCl2I2N2O3S/c25-16-9-13(10-18(29)21(16)34-11-12-4-6-14(28)7-5-12)8-15-22(32)30-24(35)31(23(15)33)19-3-1-2-17(26)20(19)27/h1-10H,11H2,(H,30,32,35)/b15-8+. The Bertz CT molecular complexity index is 1380. The normalized spacial score (nSPS) is 14.9. The van der Waals surface area contributed by atoms with E-state index in [2.05, 4.69) is 66.4 Å². The van der Waals surface area contributed by atoms with Crippen molar-refractivity contribution in [3.63, 3.8) is 0 Å². The zero-order valence-electron chi connectivity index (χ0n) is 17.5. The lowest BCUT2D eigenvalue weighted by atomic mass is 10.1. The molecule has 0 atom stereocenters. The van der Waals surface area contributed by atoms with E-state index in [1.807, 2.05) is 30.3 Å². The van der Waals surface area contributed by atoms with Crippen LogP contribution >= 0.6 is 96.5 Å². The van der Waals surface area contributed by atoms with E-state index in [1.165, 1.54) is 6.08 Å². The zero-order valence-corrected chi connectivity index (χ0v) is 25.7. The van der Waals surface area contributed by atoms with E-state index in [-0.39, 0.29) is 26.4 Å². The highest BCUT2D eigenvalue weighted by molar-refractivity contribution is 14.1. The molecule has 1 saturated heterocycles. The second-order valence-electron chi connectivity index (χ2n) is 7.26. The lowest BCUT2D eigenvalue weighted by Crippen LogP contribution is -2.54. The maximum Gasteiger partial charge on any atom is 0.270 e. The van der Waals surface area contributed by atoms with Crippen molar-refractivity contribution in [1.29, 1.82) is 0 Å². The number of carbonyl (C=O) groups excluding carboxylic acids is 2. The summed E-state index contributed by atoms with van der Waals surface area (Å²) in [7, 11) is 0. The Kier molecular flexibility index (Phi) is 8.75. The number of carbonyl (C=O) groups is 2. The van der Waals surface area contributed by atoms with Crippen molar-refractivity contribution in [1.82, 2.24) is 5.32 Å². The van der Waals surface area contributed by atoms with Crippen LogP contribution in [-0.2, 0) is 16.2 Å². The quantitative estimate of drug-likeness (QED) is 0.127. The zero-order chi connectivity index (χ0) is 25.3. The van der Waals surface area contributed by atoms with Crippen LogP contribution in [0.15, 0.2) is 64.6 Å². The summed E-state index contributed by atoms with van der Waals surface area (Å²) in [6.45, 7) is 0.402. The molecule has 178 valence electrons. The Morgan fingerprint density at radius 1 is 1.09 bits per heavy atom. The number of ether oxygens (including phenoxy) is 1. The summed E-state index contributed by atoms with van der Waals surface area (Å²) in [5, 5.41) is 2.90. The molecule has 0 saturated carbocycles. The minimum absolute atomic E-state index is 0.0728. The molecule has 0 bridgehead atoms. The Hall–Kier alpha value is -1.25. The third kappa shape index (κ3) is 6.02. The van der Waals surface area contributed by atoms with E-state index in [4.69, 9.17) is 40.2 Å². The molecule has 1 fully saturated rings. The Balaban J connectivity index is 1.63. The largest absolute Gasteiger partial charge is 0.487 e. The van der Waals surface area contributed by atoms with Gasteiger partial charge in [0.1, 0.15) is 17.9 Å². The fraction of sp³-hybridized carbons (Fsp3) is 0.0417. The molecule has 4 rings (SSSR count). The molecular weight excluding hydrogens is 801 g/mol. The summed E-state index contributed by atoms with van der Waals surface area (Å²) in [6.07, 6.45) is 1.50. The second-order valence-corrected chi connectivity index (χ2v) is 11.7. The van der Waals surface area contributed by atoms with Crippen LogP contribution in [0.25, 0.3) is 6.08 Å². The summed E-state index contributed by atoms with van der Waals surface area (Å²) in [4.78, 5) is 27.1. The predicted molar refractivity (Wildman–Crippen MR) is 163 cm³/mol. The summed E-state index contributed by atoms with van der Waals surface area (Å²) < 4.78 is 8.67. The molecule has 0 radical (unpaired) electrons. The van der Waals surface area contributed by atoms with Gasteiger partial charge in [0, 0.05) is 3.57 Å². The molecule has 1 aliphatic rings. The van der Waals surface area contributed by atoms with E-state index in [0.29, 0.717) is 22.4 Å². The van der Waals surface area contributed by atoms with Gasteiger partial charge in [0.25, 0.3) is 11.8 Å². The first kappa shape index (κ1) is 26.8. The highest BCUT2D eigenvalue weighted by Gasteiger charge is 2.35. The SMILES string of the molecule is O=C1NC(=S)N(c2cccc(Cl)c2Cl)C(=O)/C1=C/c1cc(Br)c(OCc2ccc(I)cc2)c(I)c1. The van der Waals surface area contributed by atoms with Gasteiger partial charge >= 0.3 is 0 Å². The maximum atomic E-state index is 13.3. The summed E-state index contributed by atoms with van der Waals surface area (Å²) >= 11 is 25.6. The smallest absolute Gasteiger partial charge is 0.270 e. The lowest BCUT2D eigenvalue weighted by molar-refractivity contribution is -0.122. The monoisotopic (exact) mass is 812 g/mol. The molecule has 0 spiro atoms. The fourth-order valence-corrected chi connectivity index (χ4v) is 6.03. The van der Waals surface area contributed by atoms with Gasteiger partial charge < -0.3 is 4.74 Å². The molecule has 1 aliphatic heterocycles. The van der Waals surface area contributed by atoms with Crippen LogP contribution in [0.5, 0.6) is 5.75 Å². The molecule has 3 aromatic rings. The molecule has 11 heteroatoms. The number of nitrogens with one attached hydrogen (secondary N) is 1. The lowest BCUT2D eigenvalue weighted by Gasteiger charge is -2.29.